The summed E-state index contributed by atoms with van der Waals surface area (Å²) in [7, 11) is 1.56. The quantitative estimate of drug-likeness (QED) is 0.804. The van der Waals surface area contributed by atoms with Crippen molar-refractivity contribution in [2.45, 2.75) is 0 Å². The molecular weight excluding hydrogens is 297 g/mol. The van der Waals surface area contributed by atoms with Crippen LogP contribution in [-0.2, 0) is 0 Å². The minimum atomic E-state index is -0.570. The number of benzene rings is 2. The number of rotatable bonds is 6. The molecule has 0 aliphatic rings. The highest BCUT2D eigenvalue weighted by Crippen LogP contribution is 2.17. The fourth-order valence-electron chi connectivity index (χ4n) is 2.00. The monoisotopic (exact) mass is 313 g/mol. The molecule has 6 heteroatoms. The molecule has 0 bridgehead atoms. The molecule has 0 radical (unpaired) electrons. The van der Waals surface area contributed by atoms with E-state index in [1.807, 2.05) is 6.07 Å². The number of ether oxygens (including phenoxy) is 1. The first kappa shape index (κ1) is 16.3. The van der Waals surface area contributed by atoms with Gasteiger partial charge in [-0.2, -0.15) is 5.26 Å². The van der Waals surface area contributed by atoms with Crippen LogP contribution in [0.5, 0.6) is 5.75 Å². The minimum absolute atomic E-state index is 0.0334. The zero-order valence-electron chi connectivity index (χ0n) is 12.6. The maximum absolute atomic E-state index is 13.4. The summed E-state index contributed by atoms with van der Waals surface area (Å²) in [4.78, 5) is 11.9. The lowest BCUT2D eigenvalue weighted by Gasteiger charge is -2.10. The van der Waals surface area contributed by atoms with Crippen LogP contribution in [0.25, 0.3) is 0 Å². The minimum Gasteiger partial charge on any atom is -0.497 e. The highest BCUT2D eigenvalue weighted by molar-refractivity contribution is 5.94. The van der Waals surface area contributed by atoms with Crippen LogP contribution in [0.1, 0.15) is 15.9 Å². The fourth-order valence-corrected chi connectivity index (χ4v) is 2.00. The summed E-state index contributed by atoms with van der Waals surface area (Å²) in [6.45, 7) is 0.715. The first-order chi connectivity index (χ1) is 11.2. The Hall–Kier alpha value is -3.07. The lowest BCUT2D eigenvalue weighted by atomic mass is 10.2. The number of amides is 1. The Balaban J connectivity index is 1.84. The van der Waals surface area contributed by atoms with Crippen LogP contribution in [-0.4, -0.2) is 26.1 Å². The van der Waals surface area contributed by atoms with Gasteiger partial charge in [0.25, 0.3) is 5.91 Å². The van der Waals surface area contributed by atoms with Gasteiger partial charge in [-0.05, 0) is 36.4 Å². The summed E-state index contributed by atoms with van der Waals surface area (Å²) in [6, 6.07) is 12.9. The molecule has 2 aromatic rings. The number of nitrogens with one attached hydrogen (secondary N) is 2. The number of nitrogens with zero attached hydrogens (tertiary/aromatic N) is 1. The van der Waals surface area contributed by atoms with Gasteiger partial charge in [0.1, 0.15) is 23.2 Å². The van der Waals surface area contributed by atoms with Crippen molar-refractivity contribution < 1.29 is 13.9 Å². The number of hydrogen-bond acceptors (Lipinski definition) is 4. The topological polar surface area (TPSA) is 74.2 Å². The summed E-state index contributed by atoms with van der Waals surface area (Å²) >= 11 is 0. The molecule has 0 unspecified atom stereocenters. The molecular formula is C17H16FN3O2. The third-order valence-corrected chi connectivity index (χ3v) is 3.20. The highest BCUT2D eigenvalue weighted by Gasteiger charge is 2.08. The Morgan fingerprint density at radius 3 is 2.61 bits per heavy atom. The Kier molecular flexibility index (Phi) is 5.53. The smallest absolute Gasteiger partial charge is 0.251 e. The third kappa shape index (κ3) is 4.20. The van der Waals surface area contributed by atoms with Crippen LogP contribution in [0.2, 0.25) is 0 Å². The average Bonchev–Trinajstić information content (AvgIpc) is 2.58. The van der Waals surface area contributed by atoms with Crippen molar-refractivity contribution in [2.24, 2.45) is 0 Å². The van der Waals surface area contributed by atoms with E-state index in [0.29, 0.717) is 30.1 Å². The molecule has 0 fully saturated rings. The molecule has 0 aliphatic heterocycles. The summed E-state index contributed by atoms with van der Waals surface area (Å²) in [5, 5.41) is 14.6. The Morgan fingerprint density at radius 2 is 1.96 bits per heavy atom. The molecule has 2 N–H and O–H groups in total. The van der Waals surface area contributed by atoms with E-state index in [-0.39, 0.29) is 11.5 Å². The molecule has 0 aliphatic carbocycles. The van der Waals surface area contributed by atoms with Crippen molar-refractivity contribution in [3.63, 3.8) is 0 Å². The summed E-state index contributed by atoms with van der Waals surface area (Å²) < 4.78 is 18.5. The first-order valence-corrected chi connectivity index (χ1v) is 7.00. The van der Waals surface area contributed by atoms with Crippen LogP contribution in [0.15, 0.2) is 42.5 Å². The number of carbonyl (C=O) groups is 1. The van der Waals surface area contributed by atoms with Crippen molar-refractivity contribution in [3.05, 3.63) is 59.4 Å². The van der Waals surface area contributed by atoms with Gasteiger partial charge >= 0.3 is 0 Å². The number of halogens is 1. The predicted molar refractivity (Wildman–Crippen MR) is 84.9 cm³/mol. The second-order valence-corrected chi connectivity index (χ2v) is 4.69. The molecule has 0 saturated carbocycles. The first-order valence-electron chi connectivity index (χ1n) is 7.00. The van der Waals surface area contributed by atoms with Crippen LogP contribution in [0.3, 0.4) is 0 Å². The zero-order chi connectivity index (χ0) is 16.7. The van der Waals surface area contributed by atoms with Gasteiger partial charge in [0.15, 0.2) is 0 Å². The van der Waals surface area contributed by atoms with Gasteiger partial charge in [0.2, 0.25) is 0 Å². The molecule has 0 spiro atoms. The number of methoxy groups -OCH3 is 1. The molecule has 118 valence electrons. The largest absolute Gasteiger partial charge is 0.497 e. The molecule has 0 atom stereocenters. The molecule has 23 heavy (non-hydrogen) atoms. The van der Waals surface area contributed by atoms with Gasteiger partial charge in [0, 0.05) is 18.7 Å². The van der Waals surface area contributed by atoms with Gasteiger partial charge in [-0.3, -0.25) is 4.79 Å². The van der Waals surface area contributed by atoms with Crippen molar-refractivity contribution in [1.82, 2.24) is 5.32 Å². The molecule has 0 aromatic heterocycles. The van der Waals surface area contributed by atoms with Gasteiger partial charge in [-0.15, -0.1) is 0 Å². The number of nitriles is 1. The standard InChI is InChI=1S/C17H16FN3O2/c1-23-13-7-5-12(6-8-13)17(22)21-10-9-20-16-4-2-3-15(18)14(16)11-19/h2-8,20H,9-10H2,1H3,(H,21,22). The second kappa shape index (κ2) is 7.80. The Morgan fingerprint density at radius 1 is 1.22 bits per heavy atom. The third-order valence-electron chi connectivity index (χ3n) is 3.20. The van der Waals surface area contributed by atoms with E-state index in [1.165, 1.54) is 12.1 Å². The van der Waals surface area contributed by atoms with Crippen LogP contribution in [0, 0.1) is 17.1 Å². The molecule has 1 amide bonds. The molecule has 0 heterocycles. The lowest BCUT2D eigenvalue weighted by molar-refractivity contribution is 0.0955. The summed E-state index contributed by atoms with van der Waals surface area (Å²) in [6.07, 6.45) is 0. The summed E-state index contributed by atoms with van der Waals surface area (Å²) in [5.74, 6) is -0.104. The van der Waals surface area contributed by atoms with Crippen LogP contribution in [0.4, 0.5) is 10.1 Å². The predicted octanol–water partition coefficient (Wildman–Crippen LogP) is 2.55. The van der Waals surface area contributed by atoms with Crippen LogP contribution >= 0.6 is 0 Å². The van der Waals surface area contributed by atoms with E-state index in [4.69, 9.17) is 10.00 Å². The average molecular weight is 313 g/mol. The number of anilines is 1. The second-order valence-electron chi connectivity index (χ2n) is 4.69. The Labute approximate surface area is 133 Å². The van der Waals surface area contributed by atoms with E-state index in [9.17, 15) is 9.18 Å². The lowest BCUT2D eigenvalue weighted by Crippen LogP contribution is -2.28. The van der Waals surface area contributed by atoms with Gasteiger partial charge in [-0.1, -0.05) is 6.07 Å². The molecule has 5 nitrogen and oxygen atoms in total. The molecule has 0 saturated heterocycles. The highest BCUT2D eigenvalue weighted by atomic mass is 19.1. The van der Waals surface area contributed by atoms with Gasteiger partial charge < -0.3 is 15.4 Å². The van der Waals surface area contributed by atoms with E-state index in [2.05, 4.69) is 10.6 Å². The zero-order valence-corrected chi connectivity index (χ0v) is 12.6. The van der Waals surface area contributed by atoms with E-state index >= 15 is 0 Å². The fraction of sp³-hybridized carbons (Fsp3) is 0.176. The van der Waals surface area contributed by atoms with Crippen molar-refractivity contribution in [2.75, 3.05) is 25.5 Å². The van der Waals surface area contributed by atoms with Crippen molar-refractivity contribution >= 4 is 11.6 Å². The van der Waals surface area contributed by atoms with Crippen molar-refractivity contribution in [1.29, 1.82) is 5.26 Å². The normalized spacial score (nSPS) is 9.78. The Bertz CT molecular complexity index is 724. The SMILES string of the molecule is COc1ccc(C(=O)NCCNc2cccc(F)c2C#N)cc1. The van der Waals surface area contributed by atoms with Gasteiger partial charge in [0.05, 0.1) is 12.8 Å². The van der Waals surface area contributed by atoms with E-state index < -0.39 is 5.82 Å². The van der Waals surface area contributed by atoms with Crippen LogP contribution < -0.4 is 15.4 Å². The van der Waals surface area contributed by atoms with E-state index in [0.717, 1.165) is 0 Å². The van der Waals surface area contributed by atoms with E-state index in [1.54, 1.807) is 37.4 Å². The number of carbonyl (C=O) groups excluding carboxylic acids is 1. The molecule has 2 aromatic carbocycles. The molecule has 2 rings (SSSR count). The maximum atomic E-state index is 13.4. The van der Waals surface area contributed by atoms with Crippen molar-refractivity contribution in [3.8, 4) is 11.8 Å². The van der Waals surface area contributed by atoms with Gasteiger partial charge in [-0.25, -0.2) is 4.39 Å². The summed E-state index contributed by atoms with van der Waals surface area (Å²) in [5.41, 5.74) is 0.898. The number of hydrogen-bond donors (Lipinski definition) is 2. The maximum Gasteiger partial charge on any atom is 0.251 e.